The Balaban J connectivity index is 0.998. The van der Waals surface area contributed by atoms with Crippen LogP contribution >= 0.6 is 11.6 Å². The highest BCUT2D eigenvalue weighted by Crippen LogP contribution is 2.65. The number of alkyl halides is 3. The smallest absolute Gasteiger partial charge is 0.480 e. The minimum Gasteiger partial charge on any atom is -0.480 e. The van der Waals surface area contributed by atoms with Gasteiger partial charge in [-0.3, -0.25) is 19.0 Å². The Hall–Kier alpha value is -2.83. The maximum atomic E-state index is 12.9. The van der Waals surface area contributed by atoms with E-state index in [1.165, 1.54) is 6.20 Å². The third-order valence-electron chi connectivity index (χ3n) is 7.78. The van der Waals surface area contributed by atoms with E-state index in [0.29, 0.717) is 41.2 Å². The molecule has 13 heteroatoms. The predicted molar refractivity (Wildman–Crippen MR) is 122 cm³/mol. The number of rotatable bonds is 6. The first-order chi connectivity index (χ1) is 17.4. The van der Waals surface area contributed by atoms with Gasteiger partial charge in [-0.2, -0.15) is 5.10 Å². The Kier molecular flexibility index (Phi) is 5.52. The van der Waals surface area contributed by atoms with E-state index >= 15 is 0 Å². The van der Waals surface area contributed by atoms with Crippen molar-refractivity contribution < 1.29 is 37.3 Å². The lowest BCUT2D eigenvalue weighted by Gasteiger charge is -2.70. The third-order valence-corrected chi connectivity index (χ3v) is 8.02. The number of benzene rings is 1. The van der Waals surface area contributed by atoms with Crippen LogP contribution in [0, 0.1) is 0 Å². The molecule has 2 amide bonds. The number of aliphatic hydroxyl groups is 1. The first kappa shape index (κ1) is 24.5. The zero-order valence-corrected chi connectivity index (χ0v) is 20.2. The van der Waals surface area contributed by atoms with Crippen molar-refractivity contribution in [3.63, 3.8) is 0 Å². The van der Waals surface area contributed by atoms with Crippen LogP contribution in [0.25, 0.3) is 0 Å². The molecule has 0 spiro atoms. The summed E-state index contributed by atoms with van der Waals surface area (Å²) >= 11 is 5.98. The lowest BCUT2D eigenvalue weighted by Crippen LogP contribution is -2.79. The standard InChI is InChI=1S/C24H24ClF3N4O5/c25-13-1-2-18-16(3-13)17(33)6-19(36-18)21(35)31-22-9-23(10-22,11-22)32-8-12(7-29-32)20(34)30-14-4-15(5-14)37-24(26,27)28/h1-3,7-8,14-15,17,19,33H,4-6,9-11H2,(H,30,34)(H,31,35)/t14-,15+,17-,19-,22?,23?/m1/s1. The molecular weight excluding hydrogens is 517 g/mol. The average molecular weight is 541 g/mol. The number of amides is 2. The highest BCUT2D eigenvalue weighted by atomic mass is 35.5. The number of fused-ring (bicyclic) bond motifs is 1. The SMILES string of the molecule is O=C(N[C@H]1C[C@@H](OC(F)(F)F)C1)c1cnn(C23CC(NC(=O)[C@H]4C[C@@H](O)c5cc(Cl)ccc5O4)(C2)C3)c1. The van der Waals surface area contributed by atoms with Gasteiger partial charge in [-0.05, 0) is 50.3 Å². The molecule has 4 fully saturated rings. The topological polar surface area (TPSA) is 115 Å². The molecule has 0 radical (unpaired) electrons. The number of carbonyl (C=O) groups excluding carboxylic acids is 2. The van der Waals surface area contributed by atoms with Gasteiger partial charge in [0, 0.05) is 34.8 Å². The summed E-state index contributed by atoms with van der Waals surface area (Å²) in [5.41, 5.74) is 0.224. The maximum Gasteiger partial charge on any atom is 0.522 e. The minimum atomic E-state index is -4.68. The number of carbonyl (C=O) groups is 2. The third kappa shape index (κ3) is 4.44. The van der Waals surface area contributed by atoms with Gasteiger partial charge in [0.1, 0.15) is 5.75 Å². The van der Waals surface area contributed by atoms with Crippen molar-refractivity contribution in [2.75, 3.05) is 0 Å². The summed E-state index contributed by atoms with van der Waals surface area (Å²) in [6.45, 7) is 0. The molecule has 9 nitrogen and oxygen atoms in total. The fourth-order valence-corrected chi connectivity index (χ4v) is 6.15. The summed E-state index contributed by atoms with van der Waals surface area (Å²) in [5.74, 6) is -0.252. The number of aromatic nitrogens is 2. The summed E-state index contributed by atoms with van der Waals surface area (Å²) in [5, 5.41) is 21.0. The number of ether oxygens (including phenoxy) is 2. The van der Waals surface area contributed by atoms with Gasteiger partial charge < -0.3 is 20.5 Å². The van der Waals surface area contributed by atoms with Crippen LogP contribution in [-0.4, -0.2) is 56.9 Å². The molecule has 0 unspecified atom stereocenters. The maximum absolute atomic E-state index is 12.9. The van der Waals surface area contributed by atoms with Gasteiger partial charge in [0.2, 0.25) is 0 Å². The molecule has 4 saturated carbocycles. The fraction of sp³-hybridized carbons (Fsp3) is 0.542. The number of nitrogens with one attached hydrogen (secondary N) is 2. The van der Waals surface area contributed by atoms with E-state index < -0.39 is 30.6 Å². The van der Waals surface area contributed by atoms with Gasteiger partial charge >= 0.3 is 6.36 Å². The van der Waals surface area contributed by atoms with Crippen LogP contribution in [0.3, 0.4) is 0 Å². The summed E-state index contributed by atoms with van der Waals surface area (Å²) in [6, 6.07) is 4.54. The molecule has 0 saturated heterocycles. The van der Waals surface area contributed by atoms with Crippen LogP contribution in [0.4, 0.5) is 13.2 Å². The zero-order valence-electron chi connectivity index (χ0n) is 19.4. The molecule has 7 rings (SSSR count). The number of halogens is 4. The molecule has 1 aromatic heterocycles. The van der Waals surface area contributed by atoms with Crippen LogP contribution in [0.1, 0.15) is 60.6 Å². The number of hydrogen-bond donors (Lipinski definition) is 3. The molecule has 2 aromatic rings. The predicted octanol–water partition coefficient (Wildman–Crippen LogP) is 2.97. The Labute approximate surface area is 214 Å². The molecule has 198 valence electrons. The van der Waals surface area contributed by atoms with Crippen LogP contribution in [-0.2, 0) is 15.1 Å². The Bertz CT molecular complexity index is 1240. The number of aliphatic hydroxyl groups excluding tert-OH is 1. The van der Waals surface area contributed by atoms with Crippen molar-refractivity contribution in [1.82, 2.24) is 20.4 Å². The molecule has 2 bridgehead atoms. The van der Waals surface area contributed by atoms with Gasteiger partial charge in [-0.1, -0.05) is 11.6 Å². The van der Waals surface area contributed by atoms with Crippen molar-refractivity contribution >= 4 is 23.4 Å². The van der Waals surface area contributed by atoms with Crippen molar-refractivity contribution in [2.24, 2.45) is 0 Å². The first-order valence-electron chi connectivity index (χ1n) is 12.0. The summed E-state index contributed by atoms with van der Waals surface area (Å²) in [4.78, 5) is 25.4. The largest absolute Gasteiger partial charge is 0.522 e. The molecule has 5 aliphatic rings. The Morgan fingerprint density at radius 3 is 2.65 bits per heavy atom. The van der Waals surface area contributed by atoms with E-state index in [1.54, 1.807) is 29.1 Å². The van der Waals surface area contributed by atoms with Crippen LogP contribution in [0.2, 0.25) is 5.02 Å². The van der Waals surface area contributed by atoms with Gasteiger partial charge in [0.05, 0.1) is 29.5 Å². The summed E-state index contributed by atoms with van der Waals surface area (Å²) < 4.78 is 48.2. The van der Waals surface area contributed by atoms with E-state index in [-0.39, 0.29) is 42.3 Å². The van der Waals surface area contributed by atoms with Crippen LogP contribution in [0.15, 0.2) is 30.6 Å². The Morgan fingerprint density at radius 2 is 1.95 bits per heavy atom. The van der Waals surface area contributed by atoms with E-state index in [4.69, 9.17) is 16.3 Å². The Morgan fingerprint density at radius 1 is 1.22 bits per heavy atom. The van der Waals surface area contributed by atoms with Crippen molar-refractivity contribution in [3.05, 3.63) is 46.7 Å². The van der Waals surface area contributed by atoms with E-state index in [0.717, 1.165) is 0 Å². The monoisotopic (exact) mass is 540 g/mol. The second-order valence-corrected chi connectivity index (χ2v) is 11.0. The average Bonchev–Trinajstić information content (AvgIpc) is 3.23. The first-order valence-corrected chi connectivity index (χ1v) is 12.4. The van der Waals surface area contributed by atoms with E-state index in [9.17, 15) is 27.9 Å². The van der Waals surface area contributed by atoms with Crippen LogP contribution < -0.4 is 15.4 Å². The highest BCUT2D eigenvalue weighted by Gasteiger charge is 2.70. The molecule has 1 aliphatic heterocycles. The minimum absolute atomic E-state index is 0.104. The van der Waals surface area contributed by atoms with Crippen molar-refractivity contribution in [2.45, 2.75) is 80.3 Å². The van der Waals surface area contributed by atoms with Gasteiger partial charge in [-0.25, -0.2) is 0 Å². The molecule has 1 aromatic carbocycles. The van der Waals surface area contributed by atoms with Crippen LogP contribution in [0.5, 0.6) is 5.75 Å². The molecule has 37 heavy (non-hydrogen) atoms. The van der Waals surface area contributed by atoms with Crippen molar-refractivity contribution in [3.8, 4) is 5.75 Å². The summed E-state index contributed by atoms with van der Waals surface area (Å²) in [7, 11) is 0. The molecule has 4 aliphatic carbocycles. The number of hydrogen-bond acceptors (Lipinski definition) is 6. The van der Waals surface area contributed by atoms with Gasteiger partial charge in [0.15, 0.2) is 6.10 Å². The van der Waals surface area contributed by atoms with E-state index in [1.807, 2.05) is 0 Å². The number of nitrogens with zero attached hydrogens (tertiary/aromatic N) is 2. The summed E-state index contributed by atoms with van der Waals surface area (Å²) in [6.07, 6.45) is -1.94. The second kappa shape index (κ2) is 8.34. The van der Waals surface area contributed by atoms with Gasteiger partial charge in [-0.15, -0.1) is 13.2 Å². The van der Waals surface area contributed by atoms with Gasteiger partial charge in [0.25, 0.3) is 11.8 Å². The lowest BCUT2D eigenvalue weighted by molar-refractivity contribution is -0.351. The lowest BCUT2D eigenvalue weighted by atomic mass is 9.44. The van der Waals surface area contributed by atoms with Crippen molar-refractivity contribution in [1.29, 1.82) is 0 Å². The highest BCUT2D eigenvalue weighted by molar-refractivity contribution is 6.30. The molecular formula is C24H24ClF3N4O5. The zero-order chi connectivity index (χ0) is 26.2. The molecule has 3 N–H and O–H groups in total. The quantitative estimate of drug-likeness (QED) is 0.519. The molecule has 2 atom stereocenters. The fourth-order valence-electron chi connectivity index (χ4n) is 5.97. The van der Waals surface area contributed by atoms with E-state index in [2.05, 4.69) is 20.5 Å². The normalized spacial score (nSPS) is 33.6. The molecule has 2 heterocycles. The second-order valence-electron chi connectivity index (χ2n) is 10.6.